The Balaban J connectivity index is 1.36. The Morgan fingerprint density at radius 2 is 1.87 bits per heavy atom. The zero-order chi connectivity index (χ0) is 26.6. The summed E-state index contributed by atoms with van der Waals surface area (Å²) in [7, 11) is 0. The average Bonchev–Trinajstić information content (AvgIpc) is 3.60. The lowest BCUT2D eigenvalue weighted by atomic mass is 10.00. The van der Waals surface area contributed by atoms with Crippen LogP contribution in [0.25, 0.3) is 0 Å². The second kappa shape index (κ2) is 11.7. The number of thiophene rings is 1. The van der Waals surface area contributed by atoms with Crippen LogP contribution < -0.4 is 4.74 Å². The fourth-order valence-corrected chi connectivity index (χ4v) is 6.32. The van der Waals surface area contributed by atoms with E-state index in [-0.39, 0.29) is 30.5 Å². The molecule has 38 heavy (non-hydrogen) atoms. The van der Waals surface area contributed by atoms with Crippen LogP contribution in [0.5, 0.6) is 5.75 Å². The van der Waals surface area contributed by atoms with E-state index in [0.29, 0.717) is 31.9 Å². The predicted octanol–water partition coefficient (Wildman–Crippen LogP) is 5.50. The molecule has 0 saturated carbocycles. The van der Waals surface area contributed by atoms with Crippen LogP contribution in [0.2, 0.25) is 0 Å². The first kappa shape index (κ1) is 26.4. The van der Waals surface area contributed by atoms with Crippen LogP contribution in [0, 0.1) is 20.8 Å². The third-order valence-electron chi connectivity index (χ3n) is 7.50. The van der Waals surface area contributed by atoms with Crippen molar-refractivity contribution in [3.05, 3.63) is 86.6 Å². The van der Waals surface area contributed by atoms with Gasteiger partial charge >= 0.3 is 0 Å². The number of nitrogens with zero attached hydrogens (tertiary/aromatic N) is 2. The Morgan fingerprint density at radius 3 is 2.61 bits per heavy atom. The van der Waals surface area contributed by atoms with Gasteiger partial charge in [-0.1, -0.05) is 35.4 Å². The maximum atomic E-state index is 13.9. The summed E-state index contributed by atoms with van der Waals surface area (Å²) in [6.07, 6.45) is 2.66. The first-order valence-electron chi connectivity index (χ1n) is 13.4. The first-order valence-corrected chi connectivity index (χ1v) is 14.3. The SMILES string of the molecule is Cc1ccc(C(=O)N(CC(=O)N2CCc3sccc3[C@H]2COc2ccc(C)cc2C)C[C@@H]2CCCO2)cc1. The van der Waals surface area contributed by atoms with Gasteiger partial charge < -0.3 is 19.3 Å². The standard InChI is InChI=1S/C31H36N2O4S/c1-21-6-9-24(10-7-21)31(35)32(18-25-5-4-15-36-25)19-30(34)33-14-12-29-26(13-16-38-29)27(33)20-37-28-11-8-22(2)17-23(28)3/h6-11,13,16-17,25,27H,4-5,12,14-15,18-20H2,1-3H3/t25-,27+/m0/s1. The quantitative estimate of drug-likeness (QED) is 0.385. The van der Waals surface area contributed by atoms with Crippen LogP contribution >= 0.6 is 11.3 Å². The second-order valence-corrected chi connectivity index (χ2v) is 11.4. The van der Waals surface area contributed by atoms with Gasteiger partial charge in [0.2, 0.25) is 5.91 Å². The number of fused-ring (bicyclic) bond motifs is 1. The van der Waals surface area contributed by atoms with Gasteiger partial charge in [-0.25, -0.2) is 0 Å². The fourth-order valence-electron chi connectivity index (χ4n) is 5.39. The Morgan fingerprint density at radius 1 is 1.08 bits per heavy atom. The van der Waals surface area contributed by atoms with Gasteiger partial charge in [-0.15, -0.1) is 11.3 Å². The summed E-state index contributed by atoms with van der Waals surface area (Å²) in [5.41, 5.74) is 5.10. The molecule has 7 heteroatoms. The average molecular weight is 533 g/mol. The van der Waals surface area contributed by atoms with E-state index in [1.54, 1.807) is 16.2 Å². The number of carbonyl (C=O) groups excluding carboxylic acids is 2. The molecule has 3 heterocycles. The third-order valence-corrected chi connectivity index (χ3v) is 8.50. The fraction of sp³-hybridized carbons (Fsp3) is 0.419. The highest BCUT2D eigenvalue weighted by Crippen LogP contribution is 2.34. The lowest BCUT2D eigenvalue weighted by Gasteiger charge is -2.37. The van der Waals surface area contributed by atoms with E-state index in [4.69, 9.17) is 9.47 Å². The Kier molecular flexibility index (Phi) is 8.15. The van der Waals surface area contributed by atoms with Gasteiger partial charge in [0.1, 0.15) is 18.9 Å². The molecule has 2 amide bonds. The number of benzene rings is 2. The maximum Gasteiger partial charge on any atom is 0.254 e. The molecule has 200 valence electrons. The minimum absolute atomic E-state index is 0.0199. The zero-order valence-corrected chi connectivity index (χ0v) is 23.3. The molecular weight excluding hydrogens is 496 g/mol. The molecule has 0 spiro atoms. The molecule has 0 N–H and O–H groups in total. The Labute approximate surface area is 229 Å². The van der Waals surface area contributed by atoms with E-state index in [2.05, 4.69) is 24.4 Å². The van der Waals surface area contributed by atoms with Crippen molar-refractivity contribution >= 4 is 23.2 Å². The largest absolute Gasteiger partial charge is 0.491 e. The van der Waals surface area contributed by atoms with Crippen LogP contribution in [-0.2, 0) is 16.0 Å². The normalized spacial score (nSPS) is 18.8. The highest BCUT2D eigenvalue weighted by Gasteiger charge is 2.34. The van der Waals surface area contributed by atoms with Crippen molar-refractivity contribution in [1.82, 2.24) is 9.80 Å². The smallest absolute Gasteiger partial charge is 0.254 e. The zero-order valence-electron chi connectivity index (χ0n) is 22.4. The van der Waals surface area contributed by atoms with Crippen molar-refractivity contribution in [2.24, 2.45) is 0 Å². The van der Waals surface area contributed by atoms with Gasteiger partial charge in [0.15, 0.2) is 0 Å². The Bertz CT molecular complexity index is 1280. The van der Waals surface area contributed by atoms with Crippen molar-refractivity contribution in [1.29, 1.82) is 0 Å². The summed E-state index contributed by atoms with van der Waals surface area (Å²) in [5, 5.41) is 2.09. The highest BCUT2D eigenvalue weighted by molar-refractivity contribution is 7.10. The molecule has 0 unspecified atom stereocenters. The summed E-state index contributed by atoms with van der Waals surface area (Å²) in [5.74, 6) is 0.639. The summed E-state index contributed by atoms with van der Waals surface area (Å²) < 4.78 is 12.1. The number of carbonyl (C=O) groups is 2. The van der Waals surface area contributed by atoms with E-state index in [0.717, 1.165) is 41.7 Å². The monoisotopic (exact) mass is 532 g/mol. The molecule has 2 atom stereocenters. The number of hydrogen-bond donors (Lipinski definition) is 0. The number of amides is 2. The molecule has 1 saturated heterocycles. The summed E-state index contributed by atoms with van der Waals surface area (Å²) in [4.78, 5) is 32.3. The van der Waals surface area contributed by atoms with Crippen molar-refractivity contribution in [3.63, 3.8) is 0 Å². The summed E-state index contributed by atoms with van der Waals surface area (Å²) in [6, 6.07) is 15.6. The molecule has 2 aromatic carbocycles. The molecule has 6 nitrogen and oxygen atoms in total. The van der Waals surface area contributed by atoms with Crippen molar-refractivity contribution in [3.8, 4) is 5.75 Å². The van der Waals surface area contributed by atoms with Crippen molar-refractivity contribution < 1.29 is 19.1 Å². The van der Waals surface area contributed by atoms with Gasteiger partial charge in [-0.2, -0.15) is 0 Å². The van der Waals surface area contributed by atoms with Crippen LogP contribution in [0.15, 0.2) is 53.9 Å². The number of ether oxygens (including phenoxy) is 2. The number of hydrogen-bond acceptors (Lipinski definition) is 5. The van der Waals surface area contributed by atoms with E-state index < -0.39 is 0 Å². The van der Waals surface area contributed by atoms with Crippen LogP contribution in [0.3, 0.4) is 0 Å². The number of aryl methyl sites for hydroxylation is 3. The van der Waals surface area contributed by atoms with Crippen LogP contribution in [0.1, 0.15) is 56.4 Å². The molecule has 0 bridgehead atoms. The molecule has 1 fully saturated rings. The molecule has 5 rings (SSSR count). The maximum absolute atomic E-state index is 13.9. The van der Waals surface area contributed by atoms with E-state index in [9.17, 15) is 9.59 Å². The van der Waals surface area contributed by atoms with E-state index in [1.807, 2.05) is 55.1 Å². The third kappa shape index (κ3) is 5.94. The lowest BCUT2D eigenvalue weighted by molar-refractivity contribution is -0.135. The second-order valence-electron chi connectivity index (χ2n) is 10.4. The molecule has 0 aliphatic carbocycles. The minimum atomic E-state index is -0.197. The highest BCUT2D eigenvalue weighted by atomic mass is 32.1. The molecule has 3 aromatic rings. The minimum Gasteiger partial charge on any atom is -0.491 e. The molecular formula is C31H36N2O4S. The van der Waals surface area contributed by atoms with Gasteiger partial charge in [-0.05, 0) is 80.8 Å². The van der Waals surface area contributed by atoms with Crippen LogP contribution in [-0.4, -0.2) is 60.6 Å². The van der Waals surface area contributed by atoms with Gasteiger partial charge in [0.05, 0.1) is 12.1 Å². The predicted molar refractivity (Wildman–Crippen MR) is 150 cm³/mol. The number of rotatable bonds is 8. The molecule has 0 radical (unpaired) electrons. The van der Waals surface area contributed by atoms with Crippen LogP contribution in [0.4, 0.5) is 0 Å². The summed E-state index contributed by atoms with van der Waals surface area (Å²) >= 11 is 1.73. The van der Waals surface area contributed by atoms with Gasteiger partial charge in [-0.3, -0.25) is 9.59 Å². The van der Waals surface area contributed by atoms with Gasteiger partial charge in [0, 0.05) is 30.1 Å². The van der Waals surface area contributed by atoms with E-state index in [1.165, 1.54) is 10.4 Å². The molecule has 2 aliphatic rings. The lowest BCUT2D eigenvalue weighted by Crippen LogP contribution is -2.49. The summed E-state index contributed by atoms with van der Waals surface area (Å²) in [6.45, 7) is 8.23. The first-order chi connectivity index (χ1) is 18.4. The topological polar surface area (TPSA) is 59.1 Å². The van der Waals surface area contributed by atoms with Crippen molar-refractivity contribution in [2.45, 2.75) is 52.2 Å². The van der Waals surface area contributed by atoms with Gasteiger partial charge in [0.25, 0.3) is 5.91 Å². The van der Waals surface area contributed by atoms with E-state index >= 15 is 0 Å². The van der Waals surface area contributed by atoms with Crippen molar-refractivity contribution in [2.75, 3.05) is 32.8 Å². The molecule has 2 aliphatic heterocycles. The molecule has 1 aromatic heterocycles. The Hall–Kier alpha value is -3.16.